The maximum Gasteiger partial charge on any atom is 0.308 e. The van der Waals surface area contributed by atoms with Gasteiger partial charge in [-0.25, -0.2) is 4.98 Å². The minimum atomic E-state index is -0.746. The van der Waals surface area contributed by atoms with Gasteiger partial charge in [-0.2, -0.15) is 0 Å². The van der Waals surface area contributed by atoms with Crippen LogP contribution in [-0.4, -0.2) is 28.6 Å². The molecule has 19 heavy (non-hydrogen) atoms. The highest BCUT2D eigenvalue weighted by Crippen LogP contribution is 2.44. The van der Waals surface area contributed by atoms with Gasteiger partial charge in [-0.1, -0.05) is 0 Å². The molecule has 104 valence electrons. The molecule has 0 aromatic carbocycles. The largest absolute Gasteiger partial charge is 0.481 e. The number of carboxylic acids is 1. The first-order valence-electron chi connectivity index (χ1n) is 7.13. The zero-order valence-corrected chi connectivity index (χ0v) is 12.1. The topological polar surface area (TPSA) is 53.4 Å². The van der Waals surface area contributed by atoms with Crippen molar-refractivity contribution in [3.8, 4) is 0 Å². The number of thiazole rings is 1. The molecule has 1 atom stereocenters. The highest BCUT2D eigenvalue weighted by molar-refractivity contribution is 7.15. The van der Waals surface area contributed by atoms with Gasteiger partial charge in [-0.05, 0) is 39.0 Å². The van der Waals surface area contributed by atoms with Crippen molar-refractivity contribution >= 4 is 22.4 Å². The molecule has 1 aromatic heterocycles. The van der Waals surface area contributed by atoms with E-state index in [2.05, 4.69) is 11.8 Å². The van der Waals surface area contributed by atoms with E-state index in [-0.39, 0.29) is 6.42 Å². The molecule has 1 aliphatic heterocycles. The van der Waals surface area contributed by atoms with Crippen molar-refractivity contribution < 1.29 is 9.90 Å². The van der Waals surface area contributed by atoms with Crippen LogP contribution in [0, 0.1) is 0 Å². The predicted molar refractivity (Wildman–Crippen MR) is 76.1 cm³/mol. The Bertz CT molecular complexity index is 482. The van der Waals surface area contributed by atoms with E-state index in [1.807, 2.05) is 0 Å². The van der Waals surface area contributed by atoms with Crippen LogP contribution in [0.2, 0.25) is 0 Å². The zero-order chi connectivity index (χ0) is 13.4. The average Bonchev–Trinajstić information content (AvgIpc) is 3.12. The second kappa shape index (κ2) is 5.12. The summed E-state index contributed by atoms with van der Waals surface area (Å²) in [6.07, 6.45) is 6.20. The van der Waals surface area contributed by atoms with Gasteiger partial charge in [0.2, 0.25) is 0 Å². The van der Waals surface area contributed by atoms with E-state index < -0.39 is 5.97 Å². The number of aliphatic carboxylic acids is 1. The summed E-state index contributed by atoms with van der Waals surface area (Å²) >= 11 is 1.60. The molecule has 0 bridgehead atoms. The summed E-state index contributed by atoms with van der Waals surface area (Å²) < 4.78 is 0. The standard InChI is InChI=1S/C14H20N2O2S/c1-9-4-2-3-7-16(9)14-15-13(10-5-6-10)11(19-14)8-12(17)18/h9-10H,2-8H2,1H3,(H,17,18). The lowest BCUT2D eigenvalue weighted by atomic mass is 10.0. The number of hydrogen-bond donors (Lipinski definition) is 1. The Kier molecular flexibility index (Phi) is 3.48. The molecule has 1 aromatic rings. The van der Waals surface area contributed by atoms with Crippen molar-refractivity contribution in [2.24, 2.45) is 0 Å². The van der Waals surface area contributed by atoms with Crippen molar-refractivity contribution in [1.82, 2.24) is 4.98 Å². The number of aromatic nitrogens is 1. The van der Waals surface area contributed by atoms with E-state index in [0.717, 1.165) is 22.2 Å². The second-order valence-electron chi connectivity index (χ2n) is 5.69. The fourth-order valence-electron chi connectivity index (χ4n) is 2.80. The smallest absolute Gasteiger partial charge is 0.308 e. The van der Waals surface area contributed by atoms with Crippen LogP contribution in [-0.2, 0) is 11.2 Å². The van der Waals surface area contributed by atoms with Crippen LogP contribution in [0.3, 0.4) is 0 Å². The first kappa shape index (κ1) is 12.9. The SMILES string of the molecule is CC1CCCCN1c1nc(C2CC2)c(CC(=O)O)s1. The highest BCUT2D eigenvalue weighted by atomic mass is 32.1. The van der Waals surface area contributed by atoms with Crippen molar-refractivity contribution in [2.75, 3.05) is 11.4 Å². The molecular formula is C14H20N2O2S. The summed E-state index contributed by atoms with van der Waals surface area (Å²) in [7, 11) is 0. The minimum absolute atomic E-state index is 0.131. The maximum absolute atomic E-state index is 11.0. The van der Waals surface area contributed by atoms with Gasteiger partial charge in [0.15, 0.2) is 5.13 Å². The third-order valence-corrected chi connectivity index (χ3v) is 5.15. The lowest BCUT2D eigenvalue weighted by Crippen LogP contribution is -2.37. The first-order valence-corrected chi connectivity index (χ1v) is 7.95. The van der Waals surface area contributed by atoms with Gasteiger partial charge in [-0.3, -0.25) is 4.79 Å². The Morgan fingerprint density at radius 1 is 1.42 bits per heavy atom. The molecule has 4 nitrogen and oxygen atoms in total. The molecule has 1 saturated heterocycles. The van der Waals surface area contributed by atoms with Gasteiger partial charge in [0.05, 0.1) is 12.1 Å². The fourth-order valence-corrected chi connectivity index (χ4v) is 4.06. The Hall–Kier alpha value is -1.10. The Balaban J connectivity index is 1.86. The summed E-state index contributed by atoms with van der Waals surface area (Å²) in [5.41, 5.74) is 1.07. The second-order valence-corrected chi connectivity index (χ2v) is 6.75. The molecule has 1 saturated carbocycles. The summed E-state index contributed by atoms with van der Waals surface area (Å²) in [6.45, 7) is 3.31. The zero-order valence-electron chi connectivity index (χ0n) is 11.3. The van der Waals surface area contributed by atoms with Gasteiger partial charge in [0.25, 0.3) is 0 Å². The van der Waals surface area contributed by atoms with Gasteiger partial charge >= 0.3 is 5.97 Å². The van der Waals surface area contributed by atoms with E-state index in [4.69, 9.17) is 10.1 Å². The van der Waals surface area contributed by atoms with Crippen LogP contribution >= 0.6 is 11.3 Å². The number of rotatable bonds is 4. The van der Waals surface area contributed by atoms with Crippen molar-refractivity contribution in [3.05, 3.63) is 10.6 Å². The van der Waals surface area contributed by atoms with Crippen molar-refractivity contribution in [1.29, 1.82) is 0 Å². The van der Waals surface area contributed by atoms with E-state index in [0.29, 0.717) is 12.0 Å². The highest BCUT2D eigenvalue weighted by Gasteiger charge is 2.32. The van der Waals surface area contributed by atoms with Gasteiger partial charge in [0.1, 0.15) is 0 Å². The molecule has 2 aliphatic rings. The Morgan fingerprint density at radius 2 is 2.21 bits per heavy atom. The third kappa shape index (κ3) is 2.76. The molecule has 0 radical (unpaired) electrons. The van der Waals surface area contributed by atoms with Gasteiger partial charge in [0, 0.05) is 23.4 Å². The number of carbonyl (C=O) groups is 1. The summed E-state index contributed by atoms with van der Waals surface area (Å²) in [5, 5.41) is 10.1. The van der Waals surface area contributed by atoms with Crippen molar-refractivity contribution in [3.63, 3.8) is 0 Å². The summed E-state index contributed by atoms with van der Waals surface area (Å²) in [5.74, 6) is -0.219. The van der Waals surface area contributed by atoms with Crippen molar-refractivity contribution in [2.45, 2.75) is 57.4 Å². The van der Waals surface area contributed by atoms with Crippen LogP contribution in [0.25, 0.3) is 0 Å². The first-order chi connectivity index (χ1) is 9.15. The molecule has 5 heteroatoms. The Labute approximate surface area is 117 Å². The molecule has 1 unspecified atom stereocenters. The van der Waals surface area contributed by atoms with Crippen LogP contribution in [0.1, 0.15) is 55.5 Å². The maximum atomic E-state index is 11.0. The van der Waals surface area contributed by atoms with Gasteiger partial charge in [-0.15, -0.1) is 11.3 Å². The minimum Gasteiger partial charge on any atom is -0.481 e. The fraction of sp³-hybridized carbons (Fsp3) is 0.714. The van der Waals surface area contributed by atoms with E-state index in [9.17, 15) is 4.79 Å². The number of nitrogens with zero attached hydrogens (tertiary/aromatic N) is 2. The monoisotopic (exact) mass is 280 g/mol. The molecule has 2 heterocycles. The molecule has 0 spiro atoms. The quantitative estimate of drug-likeness (QED) is 0.921. The Morgan fingerprint density at radius 3 is 2.84 bits per heavy atom. The summed E-state index contributed by atoms with van der Waals surface area (Å²) in [4.78, 5) is 19.1. The molecule has 1 N–H and O–H groups in total. The lowest BCUT2D eigenvalue weighted by molar-refractivity contribution is -0.136. The number of hydrogen-bond acceptors (Lipinski definition) is 4. The van der Waals surface area contributed by atoms with Crippen LogP contribution in [0.5, 0.6) is 0 Å². The van der Waals surface area contributed by atoms with Gasteiger partial charge < -0.3 is 10.0 Å². The predicted octanol–water partition coefficient (Wildman–Crippen LogP) is 3.03. The van der Waals surface area contributed by atoms with Crippen LogP contribution < -0.4 is 4.90 Å². The molecule has 1 aliphatic carbocycles. The normalized spacial score (nSPS) is 23.6. The molecule has 3 rings (SSSR count). The number of piperidine rings is 1. The van der Waals surface area contributed by atoms with E-state index >= 15 is 0 Å². The molecule has 2 fully saturated rings. The van der Waals surface area contributed by atoms with E-state index in [1.165, 1.54) is 32.1 Å². The molecular weight excluding hydrogens is 260 g/mol. The van der Waals surface area contributed by atoms with Crippen LogP contribution in [0.4, 0.5) is 5.13 Å². The average molecular weight is 280 g/mol. The van der Waals surface area contributed by atoms with E-state index in [1.54, 1.807) is 11.3 Å². The molecule has 0 amide bonds. The number of anilines is 1. The van der Waals surface area contributed by atoms with Crippen LogP contribution in [0.15, 0.2) is 0 Å². The summed E-state index contributed by atoms with van der Waals surface area (Å²) in [6, 6.07) is 0.532. The third-order valence-electron chi connectivity index (χ3n) is 4.04. The lowest BCUT2D eigenvalue weighted by Gasteiger charge is -2.33. The number of carboxylic acid groups (broad SMARTS) is 1.